The zero-order chi connectivity index (χ0) is 13.9. The van der Waals surface area contributed by atoms with Crippen LogP contribution in [0.25, 0.3) is 0 Å². The Bertz CT molecular complexity index is 411. The third-order valence-electron chi connectivity index (χ3n) is 3.64. The molecule has 3 nitrogen and oxygen atoms in total. The summed E-state index contributed by atoms with van der Waals surface area (Å²) in [7, 11) is 0. The molecule has 1 heterocycles. The zero-order valence-electron chi connectivity index (χ0n) is 12.3. The first-order valence-electron chi connectivity index (χ1n) is 7.31. The molecule has 2 atom stereocenters. The van der Waals surface area contributed by atoms with Crippen molar-refractivity contribution in [2.24, 2.45) is 5.41 Å². The number of nitrogens with zero attached hydrogens (tertiary/aromatic N) is 1. The standard InChI is InChI=1S/C16H26N2O/c1-16(2,3)10-13(19)11-18-14-8-4-6-12-7-5-9-17-15(12)14/h5,7,9,13-14,18-19H,4,6,8,10-11H2,1-3H3. The highest BCUT2D eigenvalue weighted by Crippen LogP contribution is 2.28. The molecular formula is C16H26N2O. The van der Waals surface area contributed by atoms with Gasteiger partial charge in [0, 0.05) is 18.8 Å². The van der Waals surface area contributed by atoms with Gasteiger partial charge in [-0.1, -0.05) is 26.8 Å². The molecule has 0 aliphatic heterocycles. The molecule has 0 spiro atoms. The Morgan fingerprint density at radius 3 is 3.00 bits per heavy atom. The number of pyridine rings is 1. The molecule has 1 aliphatic rings. The minimum absolute atomic E-state index is 0.170. The average molecular weight is 262 g/mol. The third-order valence-corrected chi connectivity index (χ3v) is 3.64. The van der Waals surface area contributed by atoms with Crippen LogP contribution in [0.3, 0.4) is 0 Å². The van der Waals surface area contributed by atoms with E-state index >= 15 is 0 Å². The van der Waals surface area contributed by atoms with Gasteiger partial charge >= 0.3 is 0 Å². The van der Waals surface area contributed by atoms with Crippen LogP contribution in [0.2, 0.25) is 0 Å². The van der Waals surface area contributed by atoms with Crippen molar-refractivity contribution in [3.63, 3.8) is 0 Å². The van der Waals surface area contributed by atoms with Gasteiger partial charge in [0.2, 0.25) is 0 Å². The Balaban J connectivity index is 1.91. The van der Waals surface area contributed by atoms with E-state index in [1.54, 1.807) is 0 Å². The average Bonchev–Trinajstić information content (AvgIpc) is 2.34. The summed E-state index contributed by atoms with van der Waals surface area (Å²) < 4.78 is 0. The van der Waals surface area contributed by atoms with E-state index in [4.69, 9.17) is 0 Å². The van der Waals surface area contributed by atoms with Crippen LogP contribution in [0.1, 0.15) is 57.3 Å². The van der Waals surface area contributed by atoms with Gasteiger partial charge < -0.3 is 10.4 Å². The number of hydrogen-bond acceptors (Lipinski definition) is 3. The lowest BCUT2D eigenvalue weighted by Crippen LogP contribution is -2.34. The number of aliphatic hydroxyl groups excluding tert-OH is 1. The molecule has 2 unspecified atom stereocenters. The Hall–Kier alpha value is -0.930. The van der Waals surface area contributed by atoms with Crippen molar-refractivity contribution in [2.45, 2.75) is 58.6 Å². The van der Waals surface area contributed by atoms with E-state index < -0.39 is 0 Å². The Morgan fingerprint density at radius 2 is 2.26 bits per heavy atom. The number of nitrogens with one attached hydrogen (secondary N) is 1. The van der Waals surface area contributed by atoms with Gasteiger partial charge in [0.1, 0.15) is 0 Å². The van der Waals surface area contributed by atoms with E-state index in [9.17, 15) is 5.11 Å². The fourth-order valence-corrected chi connectivity index (χ4v) is 2.87. The molecule has 2 N–H and O–H groups in total. The van der Waals surface area contributed by atoms with Gasteiger partial charge in [-0.15, -0.1) is 0 Å². The molecular weight excluding hydrogens is 236 g/mol. The second-order valence-corrected chi connectivity index (χ2v) is 6.82. The van der Waals surface area contributed by atoms with E-state index in [0.29, 0.717) is 12.6 Å². The molecule has 0 aromatic carbocycles. The number of fused-ring (bicyclic) bond motifs is 1. The summed E-state index contributed by atoms with van der Waals surface area (Å²) in [6.07, 6.45) is 5.85. The molecule has 3 heteroatoms. The quantitative estimate of drug-likeness (QED) is 0.877. The topological polar surface area (TPSA) is 45.1 Å². The fourth-order valence-electron chi connectivity index (χ4n) is 2.87. The molecule has 2 rings (SSSR count). The van der Waals surface area contributed by atoms with Gasteiger partial charge in [0.25, 0.3) is 0 Å². The molecule has 19 heavy (non-hydrogen) atoms. The lowest BCUT2D eigenvalue weighted by molar-refractivity contribution is 0.115. The minimum Gasteiger partial charge on any atom is -0.392 e. The summed E-state index contributed by atoms with van der Waals surface area (Å²) in [4.78, 5) is 4.51. The van der Waals surface area contributed by atoms with Crippen LogP contribution in [0.5, 0.6) is 0 Å². The van der Waals surface area contributed by atoms with E-state index in [1.807, 2.05) is 12.3 Å². The van der Waals surface area contributed by atoms with Crippen molar-refractivity contribution < 1.29 is 5.11 Å². The summed E-state index contributed by atoms with van der Waals surface area (Å²) in [6.45, 7) is 7.13. The van der Waals surface area contributed by atoms with Crippen molar-refractivity contribution >= 4 is 0 Å². The van der Waals surface area contributed by atoms with Crippen LogP contribution in [0.4, 0.5) is 0 Å². The van der Waals surface area contributed by atoms with Crippen molar-refractivity contribution in [2.75, 3.05) is 6.54 Å². The Morgan fingerprint density at radius 1 is 1.47 bits per heavy atom. The molecule has 0 amide bonds. The SMILES string of the molecule is CC(C)(C)CC(O)CNC1CCCc2cccnc21. The van der Waals surface area contributed by atoms with E-state index in [0.717, 1.165) is 19.3 Å². The summed E-state index contributed by atoms with van der Waals surface area (Å²) in [5, 5.41) is 13.6. The molecule has 1 aliphatic carbocycles. The predicted octanol–water partition coefficient (Wildman–Crippen LogP) is 2.85. The van der Waals surface area contributed by atoms with Gasteiger partial charge in [-0.25, -0.2) is 0 Å². The number of hydrogen-bond donors (Lipinski definition) is 2. The monoisotopic (exact) mass is 262 g/mol. The van der Waals surface area contributed by atoms with E-state index in [2.05, 4.69) is 37.1 Å². The second-order valence-electron chi connectivity index (χ2n) is 6.82. The molecule has 0 radical (unpaired) electrons. The second kappa shape index (κ2) is 6.02. The molecule has 0 saturated heterocycles. The largest absolute Gasteiger partial charge is 0.392 e. The first-order chi connectivity index (χ1) is 8.96. The molecule has 1 aromatic rings. The highest BCUT2D eigenvalue weighted by Gasteiger charge is 2.22. The van der Waals surface area contributed by atoms with Crippen molar-refractivity contribution in [1.82, 2.24) is 10.3 Å². The number of aryl methyl sites for hydroxylation is 1. The number of aromatic nitrogens is 1. The van der Waals surface area contributed by atoms with Crippen LogP contribution in [0.15, 0.2) is 18.3 Å². The maximum absolute atomic E-state index is 10.1. The lowest BCUT2D eigenvalue weighted by atomic mass is 9.88. The van der Waals surface area contributed by atoms with Gasteiger partial charge in [0.05, 0.1) is 11.8 Å². The van der Waals surface area contributed by atoms with Crippen LogP contribution >= 0.6 is 0 Å². The van der Waals surface area contributed by atoms with Crippen LogP contribution < -0.4 is 5.32 Å². The van der Waals surface area contributed by atoms with E-state index in [1.165, 1.54) is 17.7 Å². The molecule has 0 bridgehead atoms. The van der Waals surface area contributed by atoms with Gasteiger partial charge in [-0.3, -0.25) is 4.98 Å². The molecule has 0 saturated carbocycles. The van der Waals surface area contributed by atoms with Gasteiger partial charge in [-0.05, 0) is 42.7 Å². The predicted molar refractivity (Wildman–Crippen MR) is 78.0 cm³/mol. The number of aliphatic hydroxyl groups is 1. The van der Waals surface area contributed by atoms with Crippen LogP contribution in [0, 0.1) is 5.41 Å². The van der Waals surface area contributed by atoms with E-state index in [-0.39, 0.29) is 11.5 Å². The molecule has 106 valence electrons. The molecule has 0 fully saturated rings. The maximum Gasteiger partial charge on any atom is 0.0669 e. The van der Waals surface area contributed by atoms with Crippen molar-refractivity contribution in [3.05, 3.63) is 29.6 Å². The van der Waals surface area contributed by atoms with Gasteiger partial charge in [-0.2, -0.15) is 0 Å². The summed E-state index contributed by atoms with van der Waals surface area (Å²) >= 11 is 0. The first-order valence-corrected chi connectivity index (χ1v) is 7.31. The van der Waals surface area contributed by atoms with Crippen LogP contribution in [-0.2, 0) is 6.42 Å². The maximum atomic E-state index is 10.1. The highest BCUT2D eigenvalue weighted by molar-refractivity contribution is 5.25. The lowest BCUT2D eigenvalue weighted by Gasteiger charge is -2.28. The Kier molecular flexibility index (Phi) is 4.58. The van der Waals surface area contributed by atoms with Crippen molar-refractivity contribution in [1.29, 1.82) is 0 Å². The molecule has 1 aromatic heterocycles. The summed E-state index contributed by atoms with van der Waals surface area (Å²) in [5.41, 5.74) is 2.71. The number of rotatable bonds is 4. The first kappa shape index (κ1) is 14.5. The third kappa shape index (κ3) is 4.29. The summed E-state index contributed by atoms with van der Waals surface area (Å²) in [5.74, 6) is 0. The minimum atomic E-state index is -0.283. The summed E-state index contributed by atoms with van der Waals surface area (Å²) in [6, 6.07) is 4.48. The fraction of sp³-hybridized carbons (Fsp3) is 0.688. The Labute approximate surface area is 116 Å². The zero-order valence-corrected chi connectivity index (χ0v) is 12.3. The smallest absolute Gasteiger partial charge is 0.0669 e. The van der Waals surface area contributed by atoms with Crippen LogP contribution in [-0.4, -0.2) is 22.7 Å². The highest BCUT2D eigenvalue weighted by atomic mass is 16.3. The normalized spacial score (nSPS) is 20.9. The van der Waals surface area contributed by atoms with Crippen molar-refractivity contribution in [3.8, 4) is 0 Å². The van der Waals surface area contributed by atoms with Gasteiger partial charge in [0.15, 0.2) is 0 Å².